The first kappa shape index (κ1) is 25.9. The smallest absolute Gasteiger partial charge is 0.341 e. The van der Waals surface area contributed by atoms with E-state index in [1.165, 1.54) is 16.2 Å². The number of nitrogens with zero attached hydrogens (tertiary/aromatic N) is 2. The van der Waals surface area contributed by atoms with Crippen molar-refractivity contribution >= 4 is 39.2 Å². The molecule has 1 aromatic carbocycles. The summed E-state index contributed by atoms with van der Waals surface area (Å²) in [6, 6.07) is 9.91. The highest BCUT2D eigenvalue weighted by Crippen LogP contribution is 2.44. The molecule has 0 saturated carbocycles. The van der Waals surface area contributed by atoms with Gasteiger partial charge < -0.3 is 14.8 Å². The van der Waals surface area contributed by atoms with Crippen LogP contribution in [-0.4, -0.2) is 24.7 Å². The Morgan fingerprint density at radius 2 is 2.06 bits per heavy atom. The first-order valence-corrected chi connectivity index (χ1v) is 13.7. The normalized spacial score (nSPS) is 15.7. The first-order valence-electron chi connectivity index (χ1n) is 12.0. The number of carbonyl (C=O) groups excluding carboxylic acids is 1. The van der Waals surface area contributed by atoms with Gasteiger partial charge in [0.05, 0.1) is 25.0 Å². The summed E-state index contributed by atoms with van der Waals surface area (Å²) in [6.07, 6.45) is 4.50. The van der Waals surface area contributed by atoms with Crippen molar-refractivity contribution in [3.05, 3.63) is 56.9 Å². The number of esters is 1. The Hall–Kier alpha value is -3.15. The van der Waals surface area contributed by atoms with E-state index >= 15 is 0 Å². The van der Waals surface area contributed by atoms with Crippen molar-refractivity contribution in [2.75, 3.05) is 19.0 Å². The van der Waals surface area contributed by atoms with Crippen LogP contribution in [0.1, 0.15) is 59.9 Å². The quantitative estimate of drug-likeness (QED) is 0.262. The van der Waals surface area contributed by atoms with Crippen molar-refractivity contribution in [1.82, 2.24) is 4.98 Å². The van der Waals surface area contributed by atoms with E-state index in [-0.39, 0.29) is 11.4 Å². The average Bonchev–Trinajstić information content (AvgIpc) is 3.49. The maximum Gasteiger partial charge on any atom is 0.341 e. The predicted molar refractivity (Wildman–Crippen MR) is 147 cm³/mol. The van der Waals surface area contributed by atoms with E-state index in [1.807, 2.05) is 36.6 Å². The van der Waals surface area contributed by atoms with E-state index < -0.39 is 0 Å². The summed E-state index contributed by atoms with van der Waals surface area (Å²) in [7, 11) is 1.63. The van der Waals surface area contributed by atoms with E-state index in [2.05, 4.69) is 37.1 Å². The highest BCUT2D eigenvalue weighted by atomic mass is 32.1. The number of fused-ring (bicyclic) bond motifs is 1. The molecule has 36 heavy (non-hydrogen) atoms. The number of thiazole rings is 1. The van der Waals surface area contributed by atoms with Crippen molar-refractivity contribution in [3.63, 3.8) is 0 Å². The fraction of sp³-hybridized carbons (Fsp3) is 0.393. The molecule has 0 spiro atoms. The number of aromatic nitrogens is 1. The van der Waals surface area contributed by atoms with E-state index in [4.69, 9.17) is 9.47 Å². The van der Waals surface area contributed by atoms with Crippen LogP contribution >= 0.6 is 22.7 Å². The number of anilines is 1. The summed E-state index contributed by atoms with van der Waals surface area (Å²) in [5.41, 5.74) is 4.06. The van der Waals surface area contributed by atoms with E-state index in [9.17, 15) is 10.1 Å². The zero-order valence-corrected chi connectivity index (χ0v) is 22.9. The predicted octanol–water partition coefficient (Wildman–Crippen LogP) is 7.18. The van der Waals surface area contributed by atoms with Gasteiger partial charge in [-0.3, -0.25) is 0 Å². The molecular formula is C28H31N3O3S2. The summed E-state index contributed by atoms with van der Waals surface area (Å²) in [5.74, 6) is 1.03. The Balaban J connectivity index is 1.62. The molecular weight excluding hydrogens is 490 g/mol. The van der Waals surface area contributed by atoms with E-state index in [0.717, 1.165) is 46.8 Å². The largest absolute Gasteiger partial charge is 0.497 e. The molecule has 0 radical (unpaired) electrons. The van der Waals surface area contributed by atoms with E-state index in [0.29, 0.717) is 28.7 Å². The Bertz CT molecular complexity index is 1310. The summed E-state index contributed by atoms with van der Waals surface area (Å²) < 4.78 is 10.6. The van der Waals surface area contributed by atoms with Crippen LogP contribution in [0.4, 0.5) is 5.00 Å². The van der Waals surface area contributed by atoms with Gasteiger partial charge in [-0.1, -0.05) is 20.8 Å². The first-order chi connectivity index (χ1) is 17.2. The number of benzene rings is 1. The number of thiophene rings is 1. The van der Waals surface area contributed by atoms with Gasteiger partial charge in [0.1, 0.15) is 27.4 Å². The van der Waals surface area contributed by atoms with Crippen molar-refractivity contribution in [2.45, 2.75) is 47.0 Å². The number of ether oxygens (including phenoxy) is 2. The Morgan fingerprint density at radius 1 is 1.31 bits per heavy atom. The molecule has 188 valence electrons. The number of hydrogen-bond donors (Lipinski definition) is 1. The van der Waals surface area contributed by atoms with Crippen molar-refractivity contribution in [1.29, 1.82) is 5.26 Å². The molecule has 0 fully saturated rings. The maximum atomic E-state index is 12.9. The topological polar surface area (TPSA) is 84.2 Å². The molecule has 0 amide bonds. The van der Waals surface area contributed by atoms with Crippen LogP contribution in [0, 0.1) is 22.7 Å². The zero-order valence-electron chi connectivity index (χ0n) is 21.3. The number of methoxy groups -OCH3 is 1. The van der Waals surface area contributed by atoms with Gasteiger partial charge in [0.2, 0.25) is 0 Å². The number of hydrogen-bond acceptors (Lipinski definition) is 8. The number of carbonyl (C=O) groups is 1. The fourth-order valence-electron chi connectivity index (χ4n) is 4.42. The third-order valence-corrected chi connectivity index (χ3v) is 8.62. The standard InChI is InChI=1S/C28H31N3O3S2/c1-6-34-27(32)24-21-12-9-19(28(2,3)4)13-23(21)36-26(24)30-15-18(14-29)25-31-22(16-35-25)17-7-10-20(33-5)11-8-17/h7-8,10-11,15-16,19,30H,6,9,12-13H2,1-5H3/b18-15-/t19-/m1/s1. The third-order valence-electron chi connectivity index (χ3n) is 6.56. The Kier molecular flexibility index (Phi) is 7.82. The van der Waals surface area contributed by atoms with Gasteiger partial charge in [-0.15, -0.1) is 22.7 Å². The second-order valence-electron chi connectivity index (χ2n) is 9.81. The molecule has 4 rings (SSSR count). The van der Waals surface area contributed by atoms with Crippen LogP contribution < -0.4 is 10.1 Å². The lowest BCUT2D eigenvalue weighted by molar-refractivity contribution is 0.0526. The summed E-state index contributed by atoms with van der Waals surface area (Å²) >= 11 is 3.00. The van der Waals surface area contributed by atoms with Crippen molar-refractivity contribution in [2.24, 2.45) is 11.3 Å². The van der Waals surface area contributed by atoms with Crippen molar-refractivity contribution < 1.29 is 14.3 Å². The van der Waals surface area contributed by atoms with Crippen LogP contribution in [0.25, 0.3) is 16.8 Å². The minimum absolute atomic E-state index is 0.208. The third kappa shape index (κ3) is 5.48. The molecule has 1 N–H and O–H groups in total. The van der Waals surface area contributed by atoms with Crippen LogP contribution in [-0.2, 0) is 17.6 Å². The number of nitrogens with one attached hydrogen (secondary N) is 1. The molecule has 0 aliphatic heterocycles. The molecule has 8 heteroatoms. The minimum atomic E-state index is -0.311. The Labute approximate surface area is 220 Å². The van der Waals surface area contributed by atoms with E-state index in [1.54, 1.807) is 24.6 Å². The minimum Gasteiger partial charge on any atom is -0.497 e. The second-order valence-corrected chi connectivity index (χ2v) is 11.8. The van der Waals surface area contributed by atoms with Gasteiger partial charge in [0.25, 0.3) is 0 Å². The van der Waals surface area contributed by atoms with Gasteiger partial charge in [-0.05, 0) is 67.3 Å². The molecule has 0 saturated heterocycles. The van der Waals surface area contributed by atoms with Gasteiger partial charge in [0, 0.05) is 22.0 Å². The second kappa shape index (κ2) is 10.9. The lowest BCUT2D eigenvalue weighted by Crippen LogP contribution is -2.26. The van der Waals surface area contributed by atoms with Gasteiger partial charge in [-0.2, -0.15) is 5.26 Å². The SMILES string of the molecule is CCOC(=O)c1c(N/C=C(/C#N)c2nc(-c3ccc(OC)cc3)cs2)sc2c1CC[C@@H](C(C)(C)C)C2. The molecule has 0 bridgehead atoms. The molecule has 1 aliphatic rings. The molecule has 1 atom stereocenters. The molecule has 1 aliphatic carbocycles. The Morgan fingerprint density at radius 3 is 2.69 bits per heavy atom. The lowest BCUT2D eigenvalue weighted by Gasteiger charge is -2.33. The highest BCUT2D eigenvalue weighted by Gasteiger charge is 2.34. The zero-order chi connectivity index (χ0) is 25.9. The number of rotatable bonds is 7. The summed E-state index contributed by atoms with van der Waals surface area (Å²) in [6.45, 7) is 8.96. The number of nitriles is 1. The van der Waals surface area contributed by atoms with Gasteiger partial charge in [-0.25, -0.2) is 9.78 Å². The fourth-order valence-corrected chi connectivity index (χ4v) is 6.50. The molecule has 2 heterocycles. The van der Waals surface area contributed by atoms with Crippen LogP contribution in [0.15, 0.2) is 35.8 Å². The molecule has 3 aromatic rings. The maximum absolute atomic E-state index is 12.9. The highest BCUT2D eigenvalue weighted by molar-refractivity contribution is 7.16. The molecule has 6 nitrogen and oxygen atoms in total. The van der Waals surface area contributed by atoms with Crippen molar-refractivity contribution in [3.8, 4) is 23.1 Å². The van der Waals surface area contributed by atoms with Crippen LogP contribution in [0.5, 0.6) is 5.75 Å². The average molecular weight is 522 g/mol. The van der Waals surface area contributed by atoms with Crippen LogP contribution in [0.3, 0.4) is 0 Å². The number of allylic oxidation sites excluding steroid dienone is 1. The monoisotopic (exact) mass is 521 g/mol. The van der Waals surface area contributed by atoms with Gasteiger partial charge >= 0.3 is 5.97 Å². The summed E-state index contributed by atoms with van der Waals surface area (Å²) in [4.78, 5) is 18.8. The van der Waals surface area contributed by atoms with Gasteiger partial charge in [0.15, 0.2) is 0 Å². The summed E-state index contributed by atoms with van der Waals surface area (Å²) in [5, 5.41) is 16.4. The molecule has 2 aromatic heterocycles. The lowest BCUT2D eigenvalue weighted by atomic mass is 9.72. The van der Waals surface area contributed by atoms with Crippen LogP contribution in [0.2, 0.25) is 0 Å². The molecule has 0 unspecified atom stereocenters.